The number of nitrogens with one attached hydrogen (secondary N) is 1. The van der Waals surface area contributed by atoms with Crippen LogP contribution < -0.4 is 10.1 Å². The van der Waals surface area contributed by atoms with Crippen LogP contribution in [0.1, 0.15) is 18.4 Å². The van der Waals surface area contributed by atoms with E-state index in [1.54, 1.807) is 12.1 Å². The molecule has 0 aliphatic rings. The molecule has 0 heterocycles. The molecule has 0 saturated heterocycles. The summed E-state index contributed by atoms with van der Waals surface area (Å²) < 4.78 is 5.65. The van der Waals surface area contributed by atoms with Crippen LogP contribution in [0.5, 0.6) is 5.75 Å². The summed E-state index contributed by atoms with van der Waals surface area (Å²) in [5.41, 5.74) is 2.09. The minimum absolute atomic E-state index is 0.104. The number of hydrogen-bond donors (Lipinski definition) is 1. The summed E-state index contributed by atoms with van der Waals surface area (Å²) in [6.07, 6.45) is 1.87. The highest BCUT2D eigenvalue weighted by Crippen LogP contribution is 2.17. The number of ether oxygens (including phenoxy) is 1. The van der Waals surface area contributed by atoms with Gasteiger partial charge in [0.1, 0.15) is 5.75 Å². The first-order valence-corrected chi connectivity index (χ1v) is 7.33. The molecule has 0 radical (unpaired) electrons. The van der Waals surface area contributed by atoms with Crippen molar-refractivity contribution in [3.8, 4) is 5.75 Å². The molecule has 0 unspecified atom stereocenters. The maximum Gasteiger partial charge on any atom is 0.271 e. The van der Waals surface area contributed by atoms with Crippen LogP contribution >= 0.6 is 0 Å². The summed E-state index contributed by atoms with van der Waals surface area (Å²) in [5, 5.41) is 13.9. The number of nitro benzene ring substituents is 1. The summed E-state index contributed by atoms with van der Waals surface area (Å²) in [5.74, 6) is 0.886. The Morgan fingerprint density at radius 1 is 1.14 bits per heavy atom. The van der Waals surface area contributed by atoms with Gasteiger partial charge in [0, 0.05) is 24.4 Å². The van der Waals surface area contributed by atoms with Gasteiger partial charge in [-0.3, -0.25) is 10.1 Å². The molecule has 2 rings (SSSR count). The lowest BCUT2D eigenvalue weighted by Crippen LogP contribution is -2.05. The van der Waals surface area contributed by atoms with Crippen molar-refractivity contribution in [2.45, 2.75) is 19.8 Å². The number of benzene rings is 2. The Balaban J connectivity index is 1.64. The monoisotopic (exact) mass is 300 g/mol. The van der Waals surface area contributed by atoms with Crippen LogP contribution in [0.3, 0.4) is 0 Å². The second kappa shape index (κ2) is 8.02. The predicted molar refractivity (Wildman–Crippen MR) is 87.5 cm³/mol. The van der Waals surface area contributed by atoms with Gasteiger partial charge in [0.25, 0.3) is 5.69 Å². The average molecular weight is 300 g/mol. The molecular formula is C17H20N2O3. The van der Waals surface area contributed by atoms with Crippen LogP contribution in [0.4, 0.5) is 11.4 Å². The molecular weight excluding hydrogens is 280 g/mol. The first-order valence-electron chi connectivity index (χ1n) is 7.33. The fourth-order valence-corrected chi connectivity index (χ4v) is 2.01. The molecule has 0 fully saturated rings. The van der Waals surface area contributed by atoms with Gasteiger partial charge in [-0.1, -0.05) is 23.8 Å². The van der Waals surface area contributed by atoms with Gasteiger partial charge in [0.05, 0.1) is 11.5 Å². The number of aryl methyl sites for hydroxylation is 1. The van der Waals surface area contributed by atoms with Crippen molar-refractivity contribution in [2.24, 2.45) is 0 Å². The third kappa shape index (κ3) is 5.09. The molecule has 0 spiro atoms. The molecule has 0 atom stereocenters. The highest BCUT2D eigenvalue weighted by molar-refractivity contribution is 5.50. The number of non-ortho nitro benzene ring substituents is 1. The maximum atomic E-state index is 10.7. The number of nitrogens with zero attached hydrogens (tertiary/aromatic N) is 1. The standard InChI is InChI=1S/C17H20N2O3/c1-14-7-9-17(10-8-14)22-12-3-2-11-18-15-5-4-6-16(13-15)19(20)21/h4-10,13,18H,2-3,11-12H2,1H3. The third-order valence-corrected chi connectivity index (χ3v) is 3.25. The number of nitro groups is 1. The Morgan fingerprint density at radius 2 is 1.91 bits per heavy atom. The summed E-state index contributed by atoms with van der Waals surface area (Å²) in [4.78, 5) is 10.3. The first-order chi connectivity index (χ1) is 10.6. The van der Waals surface area contributed by atoms with Crippen molar-refractivity contribution < 1.29 is 9.66 Å². The van der Waals surface area contributed by atoms with Gasteiger partial charge >= 0.3 is 0 Å². The Morgan fingerprint density at radius 3 is 2.64 bits per heavy atom. The van der Waals surface area contributed by atoms with E-state index < -0.39 is 0 Å². The lowest BCUT2D eigenvalue weighted by molar-refractivity contribution is -0.384. The molecule has 0 bridgehead atoms. The molecule has 22 heavy (non-hydrogen) atoms. The molecule has 5 heteroatoms. The predicted octanol–water partition coefficient (Wildman–Crippen LogP) is 4.17. The van der Waals surface area contributed by atoms with Crippen molar-refractivity contribution in [3.05, 3.63) is 64.2 Å². The van der Waals surface area contributed by atoms with E-state index in [-0.39, 0.29) is 10.6 Å². The van der Waals surface area contributed by atoms with Crippen LogP contribution in [0.25, 0.3) is 0 Å². The quantitative estimate of drug-likeness (QED) is 0.451. The molecule has 5 nitrogen and oxygen atoms in total. The Labute approximate surface area is 130 Å². The average Bonchev–Trinajstić information content (AvgIpc) is 2.52. The highest BCUT2D eigenvalue weighted by Gasteiger charge is 2.04. The van der Waals surface area contributed by atoms with E-state index >= 15 is 0 Å². The van der Waals surface area contributed by atoms with Gasteiger partial charge in [-0.25, -0.2) is 0 Å². The summed E-state index contributed by atoms with van der Waals surface area (Å²) in [6.45, 7) is 3.47. The van der Waals surface area contributed by atoms with E-state index in [2.05, 4.69) is 5.32 Å². The summed E-state index contributed by atoms with van der Waals surface area (Å²) in [6, 6.07) is 14.5. The van der Waals surface area contributed by atoms with Gasteiger partial charge in [-0.2, -0.15) is 0 Å². The molecule has 0 aromatic heterocycles. The van der Waals surface area contributed by atoms with Crippen LogP contribution in [0.15, 0.2) is 48.5 Å². The third-order valence-electron chi connectivity index (χ3n) is 3.25. The van der Waals surface area contributed by atoms with E-state index in [1.165, 1.54) is 11.6 Å². The van der Waals surface area contributed by atoms with E-state index in [0.29, 0.717) is 6.61 Å². The fourth-order valence-electron chi connectivity index (χ4n) is 2.01. The van der Waals surface area contributed by atoms with Crippen LogP contribution in [0, 0.1) is 17.0 Å². The normalized spacial score (nSPS) is 10.2. The summed E-state index contributed by atoms with van der Waals surface area (Å²) >= 11 is 0. The van der Waals surface area contributed by atoms with E-state index in [9.17, 15) is 10.1 Å². The van der Waals surface area contributed by atoms with Gasteiger partial charge in [0.2, 0.25) is 0 Å². The molecule has 116 valence electrons. The number of anilines is 1. The van der Waals surface area contributed by atoms with Gasteiger partial charge < -0.3 is 10.1 Å². The second-order valence-corrected chi connectivity index (χ2v) is 5.10. The van der Waals surface area contributed by atoms with E-state index in [1.807, 2.05) is 37.3 Å². The van der Waals surface area contributed by atoms with Crippen molar-refractivity contribution in [2.75, 3.05) is 18.5 Å². The zero-order valence-corrected chi connectivity index (χ0v) is 12.6. The van der Waals surface area contributed by atoms with E-state index in [0.717, 1.165) is 30.8 Å². The molecule has 2 aromatic carbocycles. The fraction of sp³-hybridized carbons (Fsp3) is 0.294. The van der Waals surface area contributed by atoms with Gasteiger partial charge in [-0.15, -0.1) is 0 Å². The van der Waals surface area contributed by atoms with Crippen LogP contribution in [0.2, 0.25) is 0 Å². The Hall–Kier alpha value is -2.56. The van der Waals surface area contributed by atoms with Crippen molar-refractivity contribution in [1.82, 2.24) is 0 Å². The topological polar surface area (TPSA) is 64.4 Å². The smallest absolute Gasteiger partial charge is 0.271 e. The molecule has 1 N–H and O–H groups in total. The van der Waals surface area contributed by atoms with Crippen LogP contribution in [-0.4, -0.2) is 18.1 Å². The Bertz CT molecular complexity index is 612. The number of rotatable bonds is 8. The lowest BCUT2D eigenvalue weighted by atomic mass is 10.2. The number of unbranched alkanes of at least 4 members (excludes halogenated alkanes) is 1. The van der Waals surface area contributed by atoms with Crippen molar-refractivity contribution in [1.29, 1.82) is 0 Å². The minimum Gasteiger partial charge on any atom is -0.494 e. The van der Waals surface area contributed by atoms with E-state index in [4.69, 9.17) is 4.74 Å². The highest BCUT2D eigenvalue weighted by atomic mass is 16.6. The Kier molecular flexibility index (Phi) is 5.77. The number of hydrogen-bond acceptors (Lipinski definition) is 4. The first kappa shape index (κ1) is 15.8. The molecule has 0 aliphatic heterocycles. The van der Waals surface area contributed by atoms with Crippen molar-refractivity contribution in [3.63, 3.8) is 0 Å². The molecule has 2 aromatic rings. The van der Waals surface area contributed by atoms with Crippen LogP contribution in [-0.2, 0) is 0 Å². The SMILES string of the molecule is Cc1ccc(OCCCCNc2cccc([N+](=O)[O-])c2)cc1. The molecule has 0 aliphatic carbocycles. The lowest BCUT2D eigenvalue weighted by Gasteiger charge is -2.08. The summed E-state index contributed by atoms with van der Waals surface area (Å²) in [7, 11) is 0. The van der Waals surface area contributed by atoms with Gasteiger partial charge in [-0.05, 0) is 38.0 Å². The maximum absolute atomic E-state index is 10.7. The molecule has 0 saturated carbocycles. The minimum atomic E-state index is -0.388. The zero-order chi connectivity index (χ0) is 15.8. The second-order valence-electron chi connectivity index (χ2n) is 5.10. The van der Waals surface area contributed by atoms with Crippen molar-refractivity contribution >= 4 is 11.4 Å². The zero-order valence-electron chi connectivity index (χ0n) is 12.6. The molecule has 0 amide bonds. The largest absolute Gasteiger partial charge is 0.494 e. The van der Waals surface area contributed by atoms with Gasteiger partial charge in [0.15, 0.2) is 0 Å².